The summed E-state index contributed by atoms with van der Waals surface area (Å²) >= 11 is 0. The zero-order chi connectivity index (χ0) is 10.5. The average Bonchev–Trinajstić information content (AvgIpc) is 2.31. The first-order valence-corrected chi connectivity index (χ1v) is 5.56. The fourth-order valence-electron chi connectivity index (χ4n) is 1.90. The molecule has 0 saturated heterocycles. The third-order valence-corrected chi connectivity index (χ3v) is 2.71. The zero-order valence-corrected chi connectivity index (χ0v) is 8.85. The van der Waals surface area contributed by atoms with Crippen LogP contribution in [0.5, 0.6) is 5.88 Å². The Morgan fingerprint density at radius 3 is 2.80 bits per heavy atom. The lowest BCUT2D eigenvalue weighted by atomic mass is 9.98. The van der Waals surface area contributed by atoms with Crippen LogP contribution in [0.15, 0.2) is 12.4 Å². The number of nitrogens with zero attached hydrogens (tertiary/aromatic N) is 2. The zero-order valence-electron chi connectivity index (χ0n) is 8.85. The van der Waals surface area contributed by atoms with Gasteiger partial charge < -0.3 is 10.5 Å². The van der Waals surface area contributed by atoms with Crippen molar-refractivity contribution in [1.29, 1.82) is 0 Å². The minimum Gasteiger partial charge on any atom is -0.473 e. The van der Waals surface area contributed by atoms with E-state index in [4.69, 9.17) is 10.5 Å². The summed E-state index contributed by atoms with van der Waals surface area (Å²) in [6.45, 7) is 0.412. The fraction of sp³-hybridized carbons (Fsp3) is 0.636. The molecule has 0 aliphatic heterocycles. The van der Waals surface area contributed by atoms with Crippen LogP contribution in [0.2, 0.25) is 0 Å². The van der Waals surface area contributed by atoms with Gasteiger partial charge in [0.1, 0.15) is 6.10 Å². The lowest BCUT2D eigenvalue weighted by Gasteiger charge is -2.22. The molecular weight excluding hydrogens is 190 g/mol. The highest BCUT2D eigenvalue weighted by Gasteiger charge is 2.15. The monoisotopic (exact) mass is 207 g/mol. The van der Waals surface area contributed by atoms with Crippen LogP contribution < -0.4 is 10.5 Å². The van der Waals surface area contributed by atoms with Crippen LogP contribution in [0.25, 0.3) is 0 Å². The van der Waals surface area contributed by atoms with E-state index >= 15 is 0 Å². The quantitative estimate of drug-likeness (QED) is 0.818. The van der Waals surface area contributed by atoms with E-state index in [0.717, 1.165) is 18.5 Å². The van der Waals surface area contributed by atoms with Gasteiger partial charge in [0.25, 0.3) is 0 Å². The Balaban J connectivity index is 1.96. The number of hydrogen-bond donors (Lipinski definition) is 1. The molecule has 1 fully saturated rings. The predicted octanol–water partition coefficient (Wildman–Crippen LogP) is 1.65. The van der Waals surface area contributed by atoms with E-state index in [1.165, 1.54) is 19.3 Å². The number of ether oxygens (including phenoxy) is 1. The minimum atomic E-state index is 0.320. The summed E-state index contributed by atoms with van der Waals surface area (Å²) in [5.74, 6) is 0.616. The molecule has 0 aromatic carbocycles. The van der Waals surface area contributed by atoms with Gasteiger partial charge in [-0.1, -0.05) is 6.42 Å². The van der Waals surface area contributed by atoms with Gasteiger partial charge in [-0.05, 0) is 25.7 Å². The maximum absolute atomic E-state index is 5.77. The maximum Gasteiger partial charge on any atom is 0.232 e. The summed E-state index contributed by atoms with van der Waals surface area (Å²) in [4.78, 5) is 8.33. The minimum absolute atomic E-state index is 0.320. The Morgan fingerprint density at radius 1 is 1.27 bits per heavy atom. The average molecular weight is 207 g/mol. The number of hydrogen-bond acceptors (Lipinski definition) is 4. The van der Waals surface area contributed by atoms with Crippen LogP contribution in [0.4, 0.5) is 0 Å². The molecule has 0 spiro atoms. The summed E-state index contributed by atoms with van der Waals surface area (Å²) in [5, 5.41) is 0. The molecule has 0 unspecified atom stereocenters. The van der Waals surface area contributed by atoms with E-state index < -0.39 is 0 Å². The molecule has 1 saturated carbocycles. The van der Waals surface area contributed by atoms with Crippen molar-refractivity contribution in [2.75, 3.05) is 0 Å². The van der Waals surface area contributed by atoms with Crippen molar-refractivity contribution in [2.45, 2.75) is 44.8 Å². The van der Waals surface area contributed by atoms with Gasteiger partial charge in [-0.3, -0.25) is 4.98 Å². The molecule has 1 aliphatic rings. The second-order valence-corrected chi connectivity index (χ2v) is 3.93. The van der Waals surface area contributed by atoms with Crippen LogP contribution >= 0.6 is 0 Å². The summed E-state index contributed by atoms with van der Waals surface area (Å²) in [6, 6.07) is 0. The topological polar surface area (TPSA) is 61.0 Å². The number of aromatic nitrogens is 2. The molecule has 1 aromatic rings. The molecule has 0 bridgehead atoms. The smallest absolute Gasteiger partial charge is 0.232 e. The molecule has 15 heavy (non-hydrogen) atoms. The van der Waals surface area contributed by atoms with E-state index in [9.17, 15) is 0 Å². The van der Waals surface area contributed by atoms with Gasteiger partial charge in [0.2, 0.25) is 5.88 Å². The molecule has 0 radical (unpaired) electrons. The van der Waals surface area contributed by atoms with Gasteiger partial charge in [0.05, 0.1) is 11.9 Å². The predicted molar refractivity (Wildman–Crippen MR) is 57.4 cm³/mol. The van der Waals surface area contributed by atoms with Crippen LogP contribution in [-0.2, 0) is 6.54 Å². The fourth-order valence-corrected chi connectivity index (χ4v) is 1.90. The van der Waals surface area contributed by atoms with Crippen LogP contribution in [0, 0.1) is 0 Å². The lowest BCUT2D eigenvalue weighted by Crippen LogP contribution is -2.20. The highest BCUT2D eigenvalue weighted by Crippen LogP contribution is 2.21. The molecule has 82 valence electrons. The Hall–Kier alpha value is -1.16. The van der Waals surface area contributed by atoms with Crippen molar-refractivity contribution >= 4 is 0 Å². The Bertz CT molecular complexity index is 310. The van der Waals surface area contributed by atoms with E-state index in [1.54, 1.807) is 12.4 Å². The van der Waals surface area contributed by atoms with Crippen molar-refractivity contribution in [1.82, 2.24) is 9.97 Å². The first-order valence-electron chi connectivity index (χ1n) is 5.56. The van der Waals surface area contributed by atoms with Gasteiger partial charge in [-0.25, -0.2) is 4.98 Å². The third kappa shape index (κ3) is 2.89. The van der Waals surface area contributed by atoms with Gasteiger partial charge in [0.15, 0.2) is 0 Å². The van der Waals surface area contributed by atoms with Crippen molar-refractivity contribution in [3.05, 3.63) is 18.1 Å². The highest BCUT2D eigenvalue weighted by atomic mass is 16.5. The Labute approximate surface area is 89.9 Å². The Kier molecular flexibility index (Phi) is 3.50. The van der Waals surface area contributed by atoms with E-state index in [-0.39, 0.29) is 0 Å². The molecule has 0 atom stereocenters. The van der Waals surface area contributed by atoms with Crippen molar-refractivity contribution in [3.8, 4) is 5.88 Å². The standard InChI is InChI=1S/C11H17N3O/c12-6-9-7-13-8-11(14-9)15-10-4-2-1-3-5-10/h7-8,10H,1-6,12H2. The van der Waals surface area contributed by atoms with Crippen molar-refractivity contribution in [3.63, 3.8) is 0 Å². The van der Waals surface area contributed by atoms with Crippen LogP contribution in [-0.4, -0.2) is 16.1 Å². The summed E-state index contributed by atoms with van der Waals surface area (Å²) in [5.41, 5.74) is 6.27. The van der Waals surface area contributed by atoms with Crippen molar-refractivity contribution in [2.24, 2.45) is 5.73 Å². The molecule has 2 rings (SSSR count). The van der Waals surface area contributed by atoms with Gasteiger partial charge in [-0.15, -0.1) is 0 Å². The van der Waals surface area contributed by atoms with Crippen LogP contribution in [0.3, 0.4) is 0 Å². The van der Waals surface area contributed by atoms with Crippen LogP contribution in [0.1, 0.15) is 37.8 Å². The van der Waals surface area contributed by atoms with E-state index in [2.05, 4.69) is 9.97 Å². The molecular formula is C11H17N3O. The van der Waals surface area contributed by atoms with Gasteiger partial charge in [0, 0.05) is 12.7 Å². The molecule has 1 aliphatic carbocycles. The number of nitrogens with two attached hydrogens (primary N) is 1. The number of rotatable bonds is 3. The largest absolute Gasteiger partial charge is 0.473 e. The van der Waals surface area contributed by atoms with Gasteiger partial charge in [-0.2, -0.15) is 0 Å². The molecule has 1 heterocycles. The molecule has 4 nitrogen and oxygen atoms in total. The third-order valence-electron chi connectivity index (χ3n) is 2.71. The Morgan fingerprint density at radius 2 is 2.07 bits per heavy atom. The van der Waals surface area contributed by atoms with E-state index in [1.807, 2.05) is 0 Å². The summed E-state index contributed by atoms with van der Waals surface area (Å²) < 4.78 is 5.77. The molecule has 0 amide bonds. The lowest BCUT2D eigenvalue weighted by molar-refractivity contribution is 0.147. The first kappa shape index (κ1) is 10.4. The highest BCUT2D eigenvalue weighted by molar-refractivity contribution is 5.08. The molecule has 2 N–H and O–H groups in total. The van der Waals surface area contributed by atoms with Crippen molar-refractivity contribution < 1.29 is 4.74 Å². The first-order chi connectivity index (χ1) is 7.38. The maximum atomic E-state index is 5.77. The second kappa shape index (κ2) is 5.07. The van der Waals surface area contributed by atoms with E-state index in [0.29, 0.717) is 18.5 Å². The summed E-state index contributed by atoms with van der Waals surface area (Å²) in [7, 11) is 0. The van der Waals surface area contributed by atoms with Gasteiger partial charge >= 0.3 is 0 Å². The summed E-state index contributed by atoms with van der Waals surface area (Å²) in [6.07, 6.45) is 9.77. The SMILES string of the molecule is NCc1cncc(OC2CCCCC2)n1. The molecule has 4 heteroatoms. The molecule has 1 aromatic heterocycles. The normalized spacial score (nSPS) is 17.7. The second-order valence-electron chi connectivity index (χ2n) is 3.93.